The van der Waals surface area contributed by atoms with Gasteiger partial charge in [0.05, 0.1) is 18.3 Å². The molecule has 0 bridgehead atoms. The minimum Gasteiger partial charge on any atom is -0.491 e. The van der Waals surface area contributed by atoms with Crippen LogP contribution in [0.5, 0.6) is 11.5 Å². The van der Waals surface area contributed by atoms with Crippen molar-refractivity contribution >= 4 is 35.6 Å². The molecule has 7 N–H and O–H groups in total. The monoisotopic (exact) mass is 551 g/mol. The molecular formula is C28H33N5O7. The highest BCUT2D eigenvalue weighted by Gasteiger charge is 2.22. The van der Waals surface area contributed by atoms with E-state index in [-0.39, 0.29) is 24.3 Å². The van der Waals surface area contributed by atoms with Crippen LogP contribution in [0, 0.1) is 10.8 Å². The lowest BCUT2D eigenvalue weighted by atomic mass is 10.1. The Kier molecular flexibility index (Phi) is 10.2. The first-order valence-electron chi connectivity index (χ1n) is 12.6. The van der Waals surface area contributed by atoms with Gasteiger partial charge in [-0.3, -0.25) is 20.4 Å². The maximum atomic E-state index is 12.9. The number of hydrogen-bond acceptors (Lipinski definition) is 7. The second-order valence-corrected chi connectivity index (χ2v) is 9.33. The summed E-state index contributed by atoms with van der Waals surface area (Å²) in [6.07, 6.45) is 3.39. The zero-order chi connectivity index (χ0) is 29.2. The summed E-state index contributed by atoms with van der Waals surface area (Å²) in [5, 5.41) is 36.3. The summed E-state index contributed by atoms with van der Waals surface area (Å²) >= 11 is 0. The average molecular weight is 552 g/mol. The number of aliphatic carboxylic acids is 2. The highest BCUT2D eigenvalue weighted by molar-refractivity contribution is 5.96. The molecule has 12 nitrogen and oxygen atoms in total. The minimum absolute atomic E-state index is 0.0177. The van der Waals surface area contributed by atoms with E-state index in [1.165, 1.54) is 24.3 Å². The first kappa shape index (κ1) is 29.7. The van der Waals surface area contributed by atoms with Crippen LogP contribution in [0.2, 0.25) is 0 Å². The number of carbonyl (C=O) groups excluding carboxylic acids is 1. The Morgan fingerprint density at radius 2 is 1.75 bits per heavy atom. The molecule has 0 saturated carbocycles. The molecule has 1 fully saturated rings. The molecule has 1 heterocycles. The van der Waals surface area contributed by atoms with E-state index in [9.17, 15) is 19.5 Å². The van der Waals surface area contributed by atoms with Crippen molar-refractivity contribution in [2.45, 2.75) is 38.3 Å². The van der Waals surface area contributed by atoms with Crippen molar-refractivity contribution in [3.05, 3.63) is 65.2 Å². The molecule has 0 aliphatic carbocycles. The zero-order valence-electron chi connectivity index (χ0n) is 22.1. The fourth-order valence-electron chi connectivity index (χ4n) is 4.13. The molecule has 212 valence electrons. The second kappa shape index (κ2) is 13.8. The summed E-state index contributed by atoms with van der Waals surface area (Å²) in [5.41, 5.74) is 6.56. The lowest BCUT2D eigenvalue weighted by Crippen LogP contribution is -2.41. The Balaban J connectivity index is 1.64. The van der Waals surface area contributed by atoms with E-state index in [1.54, 1.807) is 31.2 Å². The van der Waals surface area contributed by atoms with Gasteiger partial charge in [-0.15, -0.1) is 0 Å². The number of rotatable bonds is 12. The van der Waals surface area contributed by atoms with Gasteiger partial charge in [0.1, 0.15) is 30.0 Å². The van der Waals surface area contributed by atoms with Gasteiger partial charge >= 0.3 is 11.9 Å². The molecule has 2 aromatic carbocycles. The second-order valence-electron chi connectivity index (χ2n) is 9.33. The maximum Gasteiger partial charge on any atom is 0.328 e. The fourth-order valence-corrected chi connectivity index (χ4v) is 4.13. The third kappa shape index (κ3) is 8.86. The number of piperidine rings is 1. The summed E-state index contributed by atoms with van der Waals surface area (Å²) in [6, 6.07) is 10.1. The third-order valence-electron chi connectivity index (χ3n) is 6.26. The predicted molar refractivity (Wildman–Crippen MR) is 148 cm³/mol. The van der Waals surface area contributed by atoms with Crippen LogP contribution in [0.4, 0.5) is 0 Å². The van der Waals surface area contributed by atoms with Gasteiger partial charge in [-0.2, -0.15) is 0 Å². The fraction of sp³-hybridized carbons (Fsp3) is 0.321. The SMILES string of the molecule is CC(=N)N1CCC(Oc2ccc(C(=O)N[C@@H](COc3cc(C(=N)N)ccc3C=CC(=O)O)CC(=O)O)cc2)CC1. The van der Waals surface area contributed by atoms with Crippen LogP contribution < -0.4 is 20.5 Å². The van der Waals surface area contributed by atoms with E-state index in [0.717, 1.165) is 32.0 Å². The molecule has 1 aliphatic rings. The van der Waals surface area contributed by atoms with Crippen LogP contribution in [0.25, 0.3) is 6.08 Å². The van der Waals surface area contributed by atoms with Gasteiger partial charge in [-0.1, -0.05) is 12.1 Å². The first-order valence-corrected chi connectivity index (χ1v) is 12.6. The number of nitrogen functional groups attached to an aromatic ring is 1. The zero-order valence-corrected chi connectivity index (χ0v) is 22.1. The number of carboxylic acids is 2. The summed E-state index contributed by atoms with van der Waals surface area (Å²) in [4.78, 5) is 37.3. The summed E-state index contributed by atoms with van der Waals surface area (Å²) in [6.45, 7) is 3.04. The van der Waals surface area contributed by atoms with Gasteiger partial charge in [0.25, 0.3) is 5.91 Å². The average Bonchev–Trinajstić information content (AvgIpc) is 2.91. The topological polar surface area (TPSA) is 199 Å². The van der Waals surface area contributed by atoms with Crippen LogP contribution in [0.15, 0.2) is 48.5 Å². The van der Waals surface area contributed by atoms with Crippen molar-refractivity contribution < 1.29 is 34.1 Å². The number of nitrogens with two attached hydrogens (primary N) is 1. The standard InChI is InChI=1S/C28H33N5O7/c1-17(29)33-12-10-23(11-13-33)40-22-7-4-19(5-8-22)28(38)32-21(15-26(36)37)16-39-24-14-20(27(30)31)3-2-18(24)6-9-25(34)35/h2-9,14,21,23,29H,10-13,15-16H2,1H3,(H3,30,31)(H,32,38)(H,34,35)(H,36,37)/t21-/m1/s1. The van der Waals surface area contributed by atoms with Crippen molar-refractivity contribution in [3.8, 4) is 11.5 Å². The summed E-state index contributed by atoms with van der Waals surface area (Å²) in [5.74, 6) is -1.71. The van der Waals surface area contributed by atoms with E-state index in [2.05, 4.69) is 5.32 Å². The van der Waals surface area contributed by atoms with Crippen LogP contribution in [0.3, 0.4) is 0 Å². The number of nitrogens with one attached hydrogen (secondary N) is 3. The molecule has 1 aliphatic heterocycles. The number of carboxylic acid groups (broad SMARTS) is 2. The van der Waals surface area contributed by atoms with Gasteiger partial charge in [-0.05, 0) is 43.3 Å². The lowest BCUT2D eigenvalue weighted by Gasteiger charge is -2.32. The highest BCUT2D eigenvalue weighted by atomic mass is 16.5. The molecule has 0 radical (unpaired) electrons. The van der Waals surface area contributed by atoms with Crippen molar-refractivity contribution in [2.75, 3.05) is 19.7 Å². The Hall–Kier alpha value is -4.87. The number of amides is 1. The Labute approximate surface area is 231 Å². The van der Waals surface area contributed by atoms with Crippen molar-refractivity contribution in [3.63, 3.8) is 0 Å². The van der Waals surface area contributed by atoms with E-state index in [0.29, 0.717) is 28.3 Å². The molecule has 0 aromatic heterocycles. The third-order valence-corrected chi connectivity index (χ3v) is 6.26. The van der Waals surface area contributed by atoms with Gasteiger partial charge in [-0.25, -0.2) is 4.79 Å². The Bertz CT molecular complexity index is 1280. The minimum atomic E-state index is -1.17. The number of ether oxygens (including phenoxy) is 2. The molecule has 40 heavy (non-hydrogen) atoms. The number of hydrogen-bond donors (Lipinski definition) is 6. The van der Waals surface area contributed by atoms with Crippen molar-refractivity contribution in [1.82, 2.24) is 10.2 Å². The number of carbonyl (C=O) groups is 3. The number of amidine groups is 2. The van der Waals surface area contributed by atoms with E-state index >= 15 is 0 Å². The molecule has 1 saturated heterocycles. The van der Waals surface area contributed by atoms with Gasteiger partial charge in [0, 0.05) is 48.7 Å². The number of benzene rings is 2. The normalized spacial score (nSPS) is 14.4. The quantitative estimate of drug-likeness (QED) is 0.130. The molecular weight excluding hydrogens is 518 g/mol. The van der Waals surface area contributed by atoms with Crippen LogP contribution in [0.1, 0.15) is 47.7 Å². The molecule has 12 heteroatoms. The lowest BCUT2D eigenvalue weighted by molar-refractivity contribution is -0.137. The van der Waals surface area contributed by atoms with Crippen molar-refractivity contribution in [2.24, 2.45) is 5.73 Å². The molecule has 2 aromatic rings. The maximum absolute atomic E-state index is 12.9. The van der Waals surface area contributed by atoms with E-state index < -0.39 is 30.3 Å². The number of likely N-dealkylation sites (tertiary alicyclic amines) is 1. The molecule has 0 spiro atoms. The van der Waals surface area contributed by atoms with Gasteiger partial charge in [0.15, 0.2) is 0 Å². The van der Waals surface area contributed by atoms with Crippen LogP contribution >= 0.6 is 0 Å². The Morgan fingerprint density at radius 1 is 1.10 bits per heavy atom. The van der Waals surface area contributed by atoms with E-state index in [1.807, 2.05) is 4.90 Å². The van der Waals surface area contributed by atoms with E-state index in [4.69, 9.17) is 31.1 Å². The predicted octanol–water partition coefficient (Wildman–Crippen LogP) is 2.56. The van der Waals surface area contributed by atoms with Crippen LogP contribution in [-0.4, -0.2) is 76.5 Å². The first-order chi connectivity index (χ1) is 19.0. The highest BCUT2D eigenvalue weighted by Crippen LogP contribution is 2.23. The smallest absolute Gasteiger partial charge is 0.328 e. The number of nitrogens with zero attached hydrogens (tertiary/aromatic N) is 1. The largest absolute Gasteiger partial charge is 0.491 e. The van der Waals surface area contributed by atoms with Gasteiger partial charge < -0.3 is 35.6 Å². The van der Waals surface area contributed by atoms with Crippen molar-refractivity contribution in [1.29, 1.82) is 10.8 Å². The summed E-state index contributed by atoms with van der Waals surface area (Å²) < 4.78 is 11.8. The molecule has 3 rings (SSSR count). The molecule has 0 unspecified atom stereocenters. The van der Waals surface area contributed by atoms with Gasteiger partial charge in [0.2, 0.25) is 0 Å². The summed E-state index contributed by atoms with van der Waals surface area (Å²) in [7, 11) is 0. The molecule has 1 atom stereocenters. The Morgan fingerprint density at radius 3 is 2.33 bits per heavy atom. The van der Waals surface area contributed by atoms with Crippen LogP contribution in [-0.2, 0) is 9.59 Å². The molecule has 1 amide bonds.